The number of ether oxygens (including phenoxy) is 1. The second-order valence-corrected chi connectivity index (χ2v) is 5.58. The summed E-state index contributed by atoms with van der Waals surface area (Å²) in [6.07, 6.45) is 1.20. The van der Waals surface area contributed by atoms with Gasteiger partial charge in [-0.15, -0.1) is 0 Å². The number of aromatic nitrogens is 2. The minimum Gasteiger partial charge on any atom is -0.462 e. The highest BCUT2D eigenvalue weighted by Crippen LogP contribution is 2.19. The maximum Gasteiger partial charge on any atom is 0.343 e. The van der Waals surface area contributed by atoms with Crippen LogP contribution in [0.2, 0.25) is 0 Å². The minimum absolute atomic E-state index is 0.0254. The molecule has 0 aliphatic rings. The Morgan fingerprint density at radius 3 is 2.80 bits per heavy atom. The van der Waals surface area contributed by atoms with Gasteiger partial charge in [-0.05, 0) is 19.1 Å². The van der Waals surface area contributed by atoms with Gasteiger partial charge in [0.1, 0.15) is 23.0 Å². The van der Waals surface area contributed by atoms with Crippen molar-refractivity contribution in [2.24, 2.45) is 0 Å². The SMILES string of the molecule is CCOC(=O)c1cnc(SCC(=O)Nc2cc(F)ccc2F)nc1N. The number of benzene rings is 1. The number of nitrogens with two attached hydrogens (primary N) is 1. The highest BCUT2D eigenvalue weighted by Gasteiger charge is 2.15. The number of esters is 1. The van der Waals surface area contributed by atoms with Gasteiger partial charge in [-0.25, -0.2) is 23.5 Å². The molecule has 2 aromatic rings. The van der Waals surface area contributed by atoms with E-state index in [0.717, 1.165) is 30.0 Å². The lowest BCUT2D eigenvalue weighted by Gasteiger charge is -2.07. The van der Waals surface area contributed by atoms with Crippen molar-refractivity contribution in [1.82, 2.24) is 9.97 Å². The van der Waals surface area contributed by atoms with Crippen LogP contribution in [0.3, 0.4) is 0 Å². The predicted molar refractivity (Wildman–Crippen MR) is 88.1 cm³/mol. The fourth-order valence-corrected chi connectivity index (χ4v) is 2.35. The fourth-order valence-electron chi connectivity index (χ4n) is 1.72. The number of nitrogens with zero attached hydrogens (tertiary/aromatic N) is 2. The normalized spacial score (nSPS) is 10.4. The molecule has 1 aromatic heterocycles. The zero-order valence-corrected chi connectivity index (χ0v) is 13.9. The third-order valence-corrected chi connectivity index (χ3v) is 3.69. The van der Waals surface area contributed by atoms with Crippen molar-refractivity contribution in [3.63, 3.8) is 0 Å². The van der Waals surface area contributed by atoms with Gasteiger partial charge in [-0.3, -0.25) is 4.79 Å². The van der Waals surface area contributed by atoms with Crippen LogP contribution in [0.15, 0.2) is 29.6 Å². The lowest BCUT2D eigenvalue weighted by atomic mass is 10.3. The number of nitrogen functional groups attached to an aromatic ring is 1. The van der Waals surface area contributed by atoms with E-state index in [2.05, 4.69) is 15.3 Å². The van der Waals surface area contributed by atoms with Crippen LogP contribution in [-0.2, 0) is 9.53 Å². The van der Waals surface area contributed by atoms with E-state index in [1.165, 1.54) is 6.20 Å². The maximum absolute atomic E-state index is 13.5. The lowest BCUT2D eigenvalue weighted by Crippen LogP contribution is -2.16. The van der Waals surface area contributed by atoms with Gasteiger partial charge < -0.3 is 15.8 Å². The Morgan fingerprint density at radius 2 is 2.12 bits per heavy atom. The fraction of sp³-hybridized carbons (Fsp3) is 0.200. The van der Waals surface area contributed by atoms with Crippen LogP contribution in [0.4, 0.5) is 20.3 Å². The number of hydrogen-bond acceptors (Lipinski definition) is 7. The summed E-state index contributed by atoms with van der Waals surface area (Å²) < 4.78 is 31.3. The first-order valence-corrected chi connectivity index (χ1v) is 8.06. The first-order chi connectivity index (χ1) is 11.9. The molecule has 0 aliphatic carbocycles. The molecule has 0 saturated heterocycles. The van der Waals surface area contributed by atoms with Crippen LogP contribution in [-0.4, -0.2) is 34.2 Å². The van der Waals surface area contributed by atoms with Gasteiger partial charge in [-0.2, -0.15) is 0 Å². The quantitative estimate of drug-likeness (QED) is 0.457. The molecule has 0 radical (unpaired) electrons. The van der Waals surface area contributed by atoms with Gasteiger partial charge in [0.25, 0.3) is 0 Å². The average molecular weight is 368 g/mol. The van der Waals surface area contributed by atoms with Crippen molar-refractivity contribution in [2.75, 3.05) is 23.4 Å². The van der Waals surface area contributed by atoms with Gasteiger partial charge in [0.15, 0.2) is 5.16 Å². The molecule has 132 valence electrons. The molecule has 2 rings (SSSR count). The van der Waals surface area contributed by atoms with Gasteiger partial charge in [0.2, 0.25) is 5.91 Å². The van der Waals surface area contributed by atoms with Crippen LogP contribution in [0.25, 0.3) is 0 Å². The number of halogens is 2. The van der Waals surface area contributed by atoms with Gasteiger partial charge in [0, 0.05) is 12.3 Å². The highest BCUT2D eigenvalue weighted by atomic mass is 32.2. The summed E-state index contributed by atoms with van der Waals surface area (Å²) in [6, 6.07) is 2.73. The van der Waals surface area contributed by atoms with Gasteiger partial charge in [-0.1, -0.05) is 11.8 Å². The van der Waals surface area contributed by atoms with Crippen LogP contribution < -0.4 is 11.1 Å². The summed E-state index contributed by atoms with van der Waals surface area (Å²) in [7, 11) is 0. The van der Waals surface area contributed by atoms with Gasteiger partial charge in [0.05, 0.1) is 18.0 Å². The van der Waals surface area contributed by atoms with Crippen LogP contribution >= 0.6 is 11.8 Å². The third kappa shape index (κ3) is 5.11. The first-order valence-electron chi connectivity index (χ1n) is 7.08. The number of thioether (sulfide) groups is 1. The van der Waals surface area contributed by atoms with E-state index in [-0.39, 0.29) is 34.6 Å². The van der Waals surface area contributed by atoms with E-state index < -0.39 is 23.5 Å². The standard InChI is InChI=1S/C15H14F2N4O3S/c1-2-24-14(23)9-6-19-15(21-13(9)18)25-7-12(22)20-11-5-8(16)3-4-10(11)17/h3-6H,2,7H2,1H3,(H,20,22)(H2,18,19,21). The van der Waals surface area contributed by atoms with E-state index in [0.29, 0.717) is 0 Å². The molecule has 1 aromatic carbocycles. The molecule has 0 unspecified atom stereocenters. The topological polar surface area (TPSA) is 107 Å². The monoisotopic (exact) mass is 368 g/mol. The van der Waals surface area contributed by atoms with Crippen molar-refractivity contribution in [1.29, 1.82) is 0 Å². The zero-order valence-electron chi connectivity index (χ0n) is 13.1. The number of anilines is 2. The molecular weight excluding hydrogens is 354 g/mol. The third-order valence-electron chi connectivity index (χ3n) is 2.83. The molecule has 0 saturated carbocycles. The molecule has 0 aliphatic heterocycles. The second-order valence-electron chi connectivity index (χ2n) is 4.63. The Labute approximate surface area is 146 Å². The molecule has 1 heterocycles. The number of amides is 1. The van der Waals surface area contributed by atoms with E-state index in [9.17, 15) is 18.4 Å². The Hall–Kier alpha value is -2.75. The Bertz CT molecular complexity index is 804. The Kier molecular flexibility index (Phi) is 6.23. The number of hydrogen-bond donors (Lipinski definition) is 2. The number of carbonyl (C=O) groups is 2. The van der Waals surface area contributed by atoms with E-state index in [4.69, 9.17) is 10.5 Å². The second kappa shape index (κ2) is 8.38. The molecular formula is C15H14F2N4O3S. The number of carbonyl (C=O) groups excluding carboxylic acids is 2. The molecule has 1 amide bonds. The summed E-state index contributed by atoms with van der Waals surface area (Å²) in [4.78, 5) is 31.2. The Balaban J connectivity index is 1.96. The molecule has 0 bridgehead atoms. The lowest BCUT2D eigenvalue weighted by molar-refractivity contribution is -0.113. The summed E-state index contributed by atoms with van der Waals surface area (Å²) in [5.74, 6) is -2.88. The van der Waals surface area contributed by atoms with E-state index in [1.54, 1.807) is 6.92 Å². The maximum atomic E-state index is 13.5. The minimum atomic E-state index is -0.751. The van der Waals surface area contributed by atoms with Crippen LogP contribution in [0, 0.1) is 11.6 Å². The molecule has 0 fully saturated rings. The summed E-state index contributed by atoms with van der Waals surface area (Å²) in [5, 5.41) is 2.40. The van der Waals surface area contributed by atoms with Crippen molar-refractivity contribution in [3.05, 3.63) is 41.6 Å². The van der Waals surface area contributed by atoms with Crippen LogP contribution in [0.5, 0.6) is 0 Å². The first kappa shape index (κ1) is 18.6. The smallest absolute Gasteiger partial charge is 0.343 e. The predicted octanol–water partition coefficient (Wildman–Crippen LogP) is 2.24. The summed E-state index contributed by atoms with van der Waals surface area (Å²) in [5.41, 5.74) is 5.43. The molecule has 0 spiro atoms. The average Bonchev–Trinajstić information content (AvgIpc) is 2.56. The number of rotatable bonds is 6. The summed E-state index contributed by atoms with van der Waals surface area (Å²) >= 11 is 0.923. The van der Waals surface area contributed by atoms with E-state index >= 15 is 0 Å². The molecule has 0 atom stereocenters. The van der Waals surface area contributed by atoms with Crippen molar-refractivity contribution in [2.45, 2.75) is 12.1 Å². The Morgan fingerprint density at radius 1 is 1.36 bits per heavy atom. The van der Waals surface area contributed by atoms with Crippen molar-refractivity contribution in [3.8, 4) is 0 Å². The van der Waals surface area contributed by atoms with Crippen molar-refractivity contribution >= 4 is 35.1 Å². The van der Waals surface area contributed by atoms with Gasteiger partial charge >= 0.3 is 5.97 Å². The van der Waals surface area contributed by atoms with Crippen molar-refractivity contribution < 1.29 is 23.1 Å². The summed E-state index contributed by atoms with van der Waals surface area (Å²) in [6.45, 7) is 1.84. The molecule has 10 heteroatoms. The number of nitrogens with one attached hydrogen (secondary N) is 1. The van der Waals surface area contributed by atoms with Crippen LogP contribution in [0.1, 0.15) is 17.3 Å². The van der Waals surface area contributed by atoms with E-state index in [1.807, 2.05) is 0 Å². The molecule has 7 nitrogen and oxygen atoms in total. The highest BCUT2D eigenvalue weighted by molar-refractivity contribution is 7.99. The molecule has 3 N–H and O–H groups in total. The largest absolute Gasteiger partial charge is 0.462 e. The zero-order chi connectivity index (χ0) is 18.4. The molecule has 25 heavy (non-hydrogen) atoms.